The lowest BCUT2D eigenvalue weighted by Gasteiger charge is -2.22. The van der Waals surface area contributed by atoms with Gasteiger partial charge in [-0.3, -0.25) is 4.79 Å². The van der Waals surface area contributed by atoms with Crippen LogP contribution in [0.3, 0.4) is 0 Å². The van der Waals surface area contributed by atoms with Crippen molar-refractivity contribution in [3.8, 4) is 0 Å². The summed E-state index contributed by atoms with van der Waals surface area (Å²) in [6.45, 7) is 4.52. The lowest BCUT2D eigenvalue weighted by molar-refractivity contribution is -0.201. The second kappa shape index (κ2) is 7.43. The van der Waals surface area contributed by atoms with Crippen LogP contribution >= 0.6 is 0 Å². The second-order valence-corrected chi connectivity index (χ2v) is 6.11. The third-order valence-corrected chi connectivity index (χ3v) is 4.14. The lowest BCUT2D eigenvalue weighted by Crippen LogP contribution is -2.38. The molecular weight excluding hydrogens is 379 g/mol. The Hall–Kier alpha value is -3.21. The molecule has 0 saturated carbocycles. The molecule has 1 aromatic carbocycles. The zero-order valence-electron chi connectivity index (χ0n) is 14.5. The van der Waals surface area contributed by atoms with E-state index in [0.29, 0.717) is 29.8 Å². The summed E-state index contributed by atoms with van der Waals surface area (Å²) >= 11 is 0. The van der Waals surface area contributed by atoms with Crippen molar-refractivity contribution in [2.45, 2.75) is 18.6 Å². The number of nitrogens with two attached hydrogens (primary N) is 1. The van der Waals surface area contributed by atoms with Crippen LogP contribution in [0.2, 0.25) is 0 Å². The molecule has 0 unspecified atom stereocenters. The summed E-state index contributed by atoms with van der Waals surface area (Å²) in [7, 11) is 0. The van der Waals surface area contributed by atoms with Gasteiger partial charge < -0.3 is 15.5 Å². The Labute approximate surface area is 157 Å². The molecule has 28 heavy (non-hydrogen) atoms. The fraction of sp³-hybridized carbons (Fsp3) is 0.294. The third kappa shape index (κ3) is 3.88. The van der Waals surface area contributed by atoms with E-state index in [1.807, 2.05) is 4.90 Å². The van der Waals surface area contributed by atoms with Crippen molar-refractivity contribution in [1.82, 2.24) is 9.97 Å². The molecule has 0 radical (unpaired) electrons. The highest BCUT2D eigenvalue weighted by molar-refractivity contribution is 6.02. The van der Waals surface area contributed by atoms with Crippen LogP contribution in [0.25, 0.3) is 10.9 Å². The van der Waals surface area contributed by atoms with E-state index in [2.05, 4.69) is 21.4 Å². The minimum Gasteiger partial charge on any atom is -0.354 e. The molecule has 1 aliphatic heterocycles. The van der Waals surface area contributed by atoms with Gasteiger partial charge >= 0.3 is 12.1 Å². The van der Waals surface area contributed by atoms with Crippen molar-refractivity contribution in [2.75, 3.05) is 23.1 Å². The van der Waals surface area contributed by atoms with Crippen LogP contribution in [-0.4, -0.2) is 47.2 Å². The van der Waals surface area contributed by atoms with E-state index in [1.54, 1.807) is 0 Å². The summed E-state index contributed by atoms with van der Waals surface area (Å²) in [5.74, 6) is -2.95. The van der Waals surface area contributed by atoms with E-state index in [4.69, 9.17) is 5.73 Å². The van der Waals surface area contributed by atoms with Crippen molar-refractivity contribution in [2.24, 2.45) is 5.73 Å². The summed E-state index contributed by atoms with van der Waals surface area (Å²) < 4.78 is 37.6. The van der Waals surface area contributed by atoms with Gasteiger partial charge in [-0.2, -0.15) is 13.2 Å². The second-order valence-electron chi connectivity index (χ2n) is 6.11. The molecule has 1 fully saturated rings. The molecule has 1 aliphatic rings. The van der Waals surface area contributed by atoms with Gasteiger partial charge in [-0.15, -0.1) is 5.06 Å². The molecular formula is C17H16F3N5O3. The molecule has 2 heterocycles. The fourth-order valence-corrected chi connectivity index (χ4v) is 2.83. The predicted molar refractivity (Wildman–Crippen MR) is 94.2 cm³/mol. The van der Waals surface area contributed by atoms with E-state index in [-0.39, 0.29) is 16.8 Å². The monoisotopic (exact) mass is 395 g/mol. The molecule has 2 aromatic rings. The minimum absolute atomic E-state index is 0.0202. The Kier molecular flexibility index (Phi) is 5.18. The standard InChI is InChI=1S/C17H16F3N5O3/c1-2-14(26)25(28-16(27)17(18,19)20)11-3-4-12-13(7-11)22-9-23-15(12)24-6-5-10(21)8-24/h2-4,7,9-10H,1,5-6,8,21H2/t10-/m1/s1. The normalized spacial score (nSPS) is 16.9. The molecule has 1 aromatic heterocycles. The van der Waals surface area contributed by atoms with Crippen LogP contribution in [0.15, 0.2) is 37.2 Å². The highest BCUT2D eigenvalue weighted by atomic mass is 19.4. The van der Waals surface area contributed by atoms with Crippen molar-refractivity contribution >= 4 is 34.3 Å². The molecule has 1 atom stereocenters. The largest absolute Gasteiger partial charge is 0.493 e. The number of hydrogen-bond acceptors (Lipinski definition) is 7. The molecule has 1 saturated heterocycles. The number of hydrogen-bond donors (Lipinski definition) is 1. The third-order valence-electron chi connectivity index (χ3n) is 4.14. The lowest BCUT2D eigenvalue weighted by atomic mass is 10.2. The summed E-state index contributed by atoms with van der Waals surface area (Å²) in [5, 5.41) is 0.837. The number of carbonyl (C=O) groups is 2. The fourth-order valence-electron chi connectivity index (χ4n) is 2.83. The zero-order chi connectivity index (χ0) is 20.5. The number of halogens is 3. The molecule has 8 nitrogen and oxygen atoms in total. The van der Waals surface area contributed by atoms with Crippen LogP contribution < -0.4 is 15.7 Å². The SMILES string of the molecule is C=CC(=O)N(OC(=O)C(F)(F)F)c1ccc2c(N3CC[C@@H](N)C3)ncnc2c1. The van der Waals surface area contributed by atoms with E-state index in [1.165, 1.54) is 24.5 Å². The maximum absolute atomic E-state index is 12.5. The van der Waals surface area contributed by atoms with E-state index in [0.717, 1.165) is 12.5 Å². The van der Waals surface area contributed by atoms with Crippen LogP contribution in [0.5, 0.6) is 0 Å². The first-order valence-corrected chi connectivity index (χ1v) is 8.21. The number of nitrogens with zero attached hydrogens (tertiary/aromatic N) is 4. The summed E-state index contributed by atoms with van der Waals surface area (Å²) in [5.41, 5.74) is 6.16. The quantitative estimate of drug-likeness (QED) is 0.624. The molecule has 0 spiro atoms. The van der Waals surface area contributed by atoms with Gasteiger partial charge in [-0.05, 0) is 30.7 Å². The van der Waals surface area contributed by atoms with Gasteiger partial charge in [-0.1, -0.05) is 6.58 Å². The van der Waals surface area contributed by atoms with Gasteiger partial charge in [0.15, 0.2) is 0 Å². The van der Waals surface area contributed by atoms with Crippen LogP contribution in [0.1, 0.15) is 6.42 Å². The molecule has 1 amide bonds. The Morgan fingerprint density at radius 2 is 2.11 bits per heavy atom. The summed E-state index contributed by atoms with van der Waals surface area (Å²) in [6.07, 6.45) is -2.43. The maximum Gasteiger partial charge on any atom is 0.493 e. The number of benzene rings is 1. The van der Waals surface area contributed by atoms with Gasteiger partial charge in [0.25, 0.3) is 5.91 Å². The Bertz CT molecular complexity index is 934. The number of carbonyl (C=O) groups excluding carboxylic acids is 2. The molecule has 3 rings (SSSR count). The van der Waals surface area contributed by atoms with E-state index in [9.17, 15) is 22.8 Å². The first-order valence-electron chi connectivity index (χ1n) is 8.21. The molecule has 148 valence electrons. The Morgan fingerprint density at radius 1 is 1.36 bits per heavy atom. The van der Waals surface area contributed by atoms with Gasteiger partial charge in [0.05, 0.1) is 11.2 Å². The van der Waals surface area contributed by atoms with Crippen LogP contribution in [0, 0.1) is 0 Å². The topological polar surface area (TPSA) is 102 Å². The maximum atomic E-state index is 12.5. The van der Waals surface area contributed by atoms with E-state index < -0.39 is 18.1 Å². The first kappa shape index (κ1) is 19.5. The predicted octanol–water partition coefficient (Wildman–Crippen LogP) is 1.71. The highest BCUT2D eigenvalue weighted by Crippen LogP contribution is 2.29. The zero-order valence-corrected chi connectivity index (χ0v) is 14.5. The highest BCUT2D eigenvalue weighted by Gasteiger charge is 2.43. The molecule has 0 bridgehead atoms. The molecule has 2 N–H and O–H groups in total. The molecule has 0 aliphatic carbocycles. The summed E-state index contributed by atoms with van der Waals surface area (Å²) in [6, 6.07) is 4.21. The van der Waals surface area contributed by atoms with Gasteiger partial charge in [0, 0.05) is 24.5 Å². The van der Waals surface area contributed by atoms with Crippen LogP contribution in [-0.2, 0) is 14.4 Å². The average Bonchev–Trinajstić information content (AvgIpc) is 3.09. The van der Waals surface area contributed by atoms with E-state index >= 15 is 0 Å². The first-order chi connectivity index (χ1) is 13.2. The minimum atomic E-state index is -5.26. The van der Waals surface area contributed by atoms with Crippen LogP contribution in [0.4, 0.5) is 24.7 Å². The Balaban J connectivity index is 1.98. The van der Waals surface area contributed by atoms with Crippen molar-refractivity contribution in [3.63, 3.8) is 0 Å². The number of hydroxylamine groups is 1. The van der Waals surface area contributed by atoms with Crippen molar-refractivity contribution in [1.29, 1.82) is 0 Å². The average molecular weight is 395 g/mol. The summed E-state index contributed by atoms with van der Waals surface area (Å²) in [4.78, 5) is 37.7. The Morgan fingerprint density at radius 3 is 2.71 bits per heavy atom. The van der Waals surface area contributed by atoms with Crippen molar-refractivity contribution < 1.29 is 27.6 Å². The number of amides is 1. The number of alkyl halides is 3. The van der Waals surface area contributed by atoms with Gasteiger partial charge in [0.2, 0.25) is 0 Å². The van der Waals surface area contributed by atoms with Gasteiger partial charge in [0.1, 0.15) is 12.1 Å². The number of fused-ring (bicyclic) bond motifs is 1. The van der Waals surface area contributed by atoms with Crippen molar-refractivity contribution in [3.05, 3.63) is 37.2 Å². The number of anilines is 2. The molecule has 11 heteroatoms. The number of aromatic nitrogens is 2. The van der Waals surface area contributed by atoms with Gasteiger partial charge in [-0.25, -0.2) is 14.8 Å². The number of rotatable bonds is 3. The smallest absolute Gasteiger partial charge is 0.354 e.